The SMILES string of the molecule is CCC(=O)N1CCCC1C(=O)N1CCCC1. The van der Waals surface area contributed by atoms with Crippen molar-refractivity contribution in [2.75, 3.05) is 19.6 Å². The van der Waals surface area contributed by atoms with E-state index in [1.165, 1.54) is 0 Å². The van der Waals surface area contributed by atoms with Gasteiger partial charge in [0.05, 0.1) is 0 Å². The first-order valence-corrected chi connectivity index (χ1v) is 6.32. The quantitative estimate of drug-likeness (QED) is 0.702. The van der Waals surface area contributed by atoms with E-state index in [2.05, 4.69) is 0 Å². The number of rotatable bonds is 2. The van der Waals surface area contributed by atoms with Gasteiger partial charge in [-0.05, 0) is 25.7 Å². The number of amides is 2. The standard InChI is InChI=1S/C12H20N2O2/c1-2-11(15)14-9-5-6-10(14)12(16)13-7-3-4-8-13/h10H,2-9H2,1H3. The lowest BCUT2D eigenvalue weighted by Crippen LogP contribution is -2.46. The van der Waals surface area contributed by atoms with Crippen LogP contribution >= 0.6 is 0 Å². The molecular formula is C12H20N2O2. The van der Waals surface area contributed by atoms with E-state index in [0.717, 1.165) is 45.3 Å². The van der Waals surface area contributed by atoms with Crippen molar-refractivity contribution in [1.82, 2.24) is 9.80 Å². The first-order chi connectivity index (χ1) is 7.74. The molecule has 2 aliphatic heterocycles. The third-order valence-corrected chi connectivity index (χ3v) is 3.58. The molecular weight excluding hydrogens is 204 g/mol. The van der Waals surface area contributed by atoms with Crippen LogP contribution in [0.4, 0.5) is 0 Å². The van der Waals surface area contributed by atoms with Gasteiger partial charge in [0.25, 0.3) is 0 Å². The van der Waals surface area contributed by atoms with Crippen LogP contribution in [0.2, 0.25) is 0 Å². The van der Waals surface area contributed by atoms with Gasteiger partial charge in [0.15, 0.2) is 0 Å². The highest BCUT2D eigenvalue weighted by Crippen LogP contribution is 2.22. The second-order valence-electron chi connectivity index (χ2n) is 4.63. The van der Waals surface area contributed by atoms with Crippen molar-refractivity contribution in [1.29, 1.82) is 0 Å². The van der Waals surface area contributed by atoms with Gasteiger partial charge in [-0.2, -0.15) is 0 Å². The Morgan fingerprint density at radius 3 is 2.44 bits per heavy atom. The van der Waals surface area contributed by atoms with Crippen LogP contribution in [0, 0.1) is 0 Å². The Kier molecular flexibility index (Phi) is 3.46. The molecule has 0 saturated carbocycles. The lowest BCUT2D eigenvalue weighted by molar-refractivity contribution is -0.143. The molecule has 2 rings (SSSR count). The van der Waals surface area contributed by atoms with Crippen LogP contribution in [-0.2, 0) is 9.59 Å². The molecule has 0 spiro atoms. The number of hydrogen-bond donors (Lipinski definition) is 0. The first-order valence-electron chi connectivity index (χ1n) is 6.32. The summed E-state index contributed by atoms with van der Waals surface area (Å²) in [5.41, 5.74) is 0. The van der Waals surface area contributed by atoms with Crippen LogP contribution in [-0.4, -0.2) is 47.3 Å². The van der Waals surface area contributed by atoms with Gasteiger partial charge in [-0.15, -0.1) is 0 Å². The minimum atomic E-state index is -0.162. The van der Waals surface area contributed by atoms with Crippen LogP contribution in [0.1, 0.15) is 39.0 Å². The minimum absolute atomic E-state index is 0.120. The highest BCUT2D eigenvalue weighted by atomic mass is 16.2. The Morgan fingerprint density at radius 1 is 1.12 bits per heavy atom. The summed E-state index contributed by atoms with van der Waals surface area (Å²) < 4.78 is 0. The molecule has 1 unspecified atom stereocenters. The molecule has 2 fully saturated rings. The first kappa shape index (κ1) is 11.4. The van der Waals surface area contributed by atoms with Crippen LogP contribution < -0.4 is 0 Å². The van der Waals surface area contributed by atoms with Crippen molar-refractivity contribution in [3.63, 3.8) is 0 Å². The number of carbonyl (C=O) groups is 2. The van der Waals surface area contributed by atoms with Gasteiger partial charge in [0.2, 0.25) is 11.8 Å². The maximum absolute atomic E-state index is 12.2. The van der Waals surface area contributed by atoms with E-state index in [9.17, 15) is 9.59 Å². The zero-order chi connectivity index (χ0) is 11.5. The van der Waals surface area contributed by atoms with Gasteiger partial charge in [-0.1, -0.05) is 6.92 Å². The summed E-state index contributed by atoms with van der Waals surface area (Å²) in [4.78, 5) is 27.6. The van der Waals surface area contributed by atoms with Gasteiger partial charge >= 0.3 is 0 Å². The van der Waals surface area contributed by atoms with E-state index in [1.807, 2.05) is 11.8 Å². The van der Waals surface area contributed by atoms with Crippen molar-refractivity contribution in [2.45, 2.75) is 45.1 Å². The molecule has 1 atom stereocenters. The van der Waals surface area contributed by atoms with Crippen molar-refractivity contribution in [3.05, 3.63) is 0 Å². The Bertz CT molecular complexity index is 285. The molecule has 0 bridgehead atoms. The maximum Gasteiger partial charge on any atom is 0.245 e. The van der Waals surface area contributed by atoms with Crippen molar-refractivity contribution >= 4 is 11.8 Å². The smallest absolute Gasteiger partial charge is 0.245 e. The summed E-state index contributed by atoms with van der Waals surface area (Å²) in [6.07, 6.45) is 4.54. The van der Waals surface area contributed by atoms with E-state index in [-0.39, 0.29) is 17.9 Å². The fourth-order valence-electron chi connectivity index (χ4n) is 2.67. The second-order valence-corrected chi connectivity index (χ2v) is 4.63. The molecule has 0 aromatic heterocycles. The maximum atomic E-state index is 12.2. The Balaban J connectivity index is 2.01. The molecule has 2 amide bonds. The van der Waals surface area contributed by atoms with Crippen molar-refractivity contribution < 1.29 is 9.59 Å². The van der Waals surface area contributed by atoms with E-state index >= 15 is 0 Å². The van der Waals surface area contributed by atoms with E-state index in [4.69, 9.17) is 0 Å². The van der Waals surface area contributed by atoms with Crippen molar-refractivity contribution in [2.24, 2.45) is 0 Å². The molecule has 0 aromatic carbocycles. The zero-order valence-electron chi connectivity index (χ0n) is 9.95. The lowest BCUT2D eigenvalue weighted by atomic mass is 10.2. The summed E-state index contributed by atoms with van der Waals surface area (Å²) >= 11 is 0. The average molecular weight is 224 g/mol. The van der Waals surface area contributed by atoms with E-state index < -0.39 is 0 Å². The number of hydrogen-bond acceptors (Lipinski definition) is 2. The average Bonchev–Trinajstić information content (AvgIpc) is 2.97. The van der Waals surface area contributed by atoms with Gasteiger partial charge in [0.1, 0.15) is 6.04 Å². The monoisotopic (exact) mass is 224 g/mol. The number of carbonyl (C=O) groups excluding carboxylic acids is 2. The molecule has 0 aliphatic carbocycles. The molecule has 2 heterocycles. The molecule has 0 radical (unpaired) electrons. The van der Waals surface area contributed by atoms with Crippen LogP contribution in [0.25, 0.3) is 0 Å². The third-order valence-electron chi connectivity index (χ3n) is 3.58. The van der Waals surface area contributed by atoms with Gasteiger partial charge in [-0.25, -0.2) is 0 Å². The summed E-state index contributed by atoms with van der Waals surface area (Å²) in [6.45, 7) is 4.38. The highest BCUT2D eigenvalue weighted by Gasteiger charge is 2.36. The lowest BCUT2D eigenvalue weighted by Gasteiger charge is -2.27. The van der Waals surface area contributed by atoms with Gasteiger partial charge < -0.3 is 9.80 Å². The molecule has 0 aromatic rings. The van der Waals surface area contributed by atoms with E-state index in [1.54, 1.807) is 4.90 Å². The Hall–Kier alpha value is -1.06. The molecule has 4 nitrogen and oxygen atoms in total. The minimum Gasteiger partial charge on any atom is -0.341 e. The molecule has 0 N–H and O–H groups in total. The fourth-order valence-corrected chi connectivity index (χ4v) is 2.67. The molecule has 16 heavy (non-hydrogen) atoms. The fraction of sp³-hybridized carbons (Fsp3) is 0.833. The van der Waals surface area contributed by atoms with Crippen molar-refractivity contribution in [3.8, 4) is 0 Å². The molecule has 4 heteroatoms. The summed E-state index contributed by atoms with van der Waals surface area (Å²) in [5, 5.41) is 0. The largest absolute Gasteiger partial charge is 0.341 e. The van der Waals surface area contributed by atoms with E-state index in [0.29, 0.717) is 6.42 Å². The summed E-state index contributed by atoms with van der Waals surface area (Å²) in [7, 11) is 0. The molecule has 90 valence electrons. The highest BCUT2D eigenvalue weighted by molar-refractivity contribution is 5.88. The predicted octanol–water partition coefficient (Wildman–Crippen LogP) is 1.01. The third kappa shape index (κ3) is 2.06. The number of nitrogens with zero attached hydrogens (tertiary/aromatic N) is 2. The molecule has 2 saturated heterocycles. The zero-order valence-corrected chi connectivity index (χ0v) is 9.95. The summed E-state index contributed by atoms with van der Waals surface area (Å²) in [5.74, 6) is 0.298. The van der Waals surface area contributed by atoms with Crippen LogP contribution in [0.3, 0.4) is 0 Å². The van der Waals surface area contributed by atoms with Gasteiger partial charge in [0, 0.05) is 26.1 Å². The number of likely N-dealkylation sites (tertiary alicyclic amines) is 2. The summed E-state index contributed by atoms with van der Waals surface area (Å²) in [6, 6.07) is -0.162. The van der Waals surface area contributed by atoms with Gasteiger partial charge in [-0.3, -0.25) is 9.59 Å². The normalized spacial score (nSPS) is 25.2. The van der Waals surface area contributed by atoms with Crippen LogP contribution in [0.15, 0.2) is 0 Å². The second kappa shape index (κ2) is 4.85. The van der Waals surface area contributed by atoms with Crippen LogP contribution in [0.5, 0.6) is 0 Å². The Labute approximate surface area is 96.6 Å². The predicted molar refractivity (Wildman–Crippen MR) is 60.8 cm³/mol. The topological polar surface area (TPSA) is 40.6 Å². The Morgan fingerprint density at radius 2 is 1.81 bits per heavy atom. The molecule has 2 aliphatic rings.